The molecule has 16 nitrogen and oxygen atoms in total. The lowest BCUT2D eigenvalue weighted by Gasteiger charge is -2.27. The minimum Gasteiger partial charge on any atom is -0.396 e. The molecule has 1 aromatic heterocycles. The number of nitrogens with one attached hydrogen (secondary N) is 1. The highest BCUT2D eigenvalue weighted by atomic mass is 35.5. The van der Waals surface area contributed by atoms with E-state index < -0.39 is 71.1 Å². The summed E-state index contributed by atoms with van der Waals surface area (Å²) in [6, 6.07) is 0.981. The minimum absolute atomic E-state index is 0.723. The number of nitrogens with zero attached hydrogens (tertiary/aromatic N) is 1. The summed E-state index contributed by atoms with van der Waals surface area (Å²) >= 11 is 6.55. The van der Waals surface area contributed by atoms with Crippen molar-refractivity contribution in [3.05, 3.63) is 33.1 Å². The molecule has 0 radical (unpaired) electrons. The van der Waals surface area contributed by atoms with Crippen LogP contribution in [-0.2, 0) is 31.6 Å². The maximum absolute atomic E-state index is 12.2. The Bertz CT molecular complexity index is 1200. The van der Waals surface area contributed by atoms with Crippen LogP contribution in [0, 0.1) is 17.8 Å². The average Bonchev–Trinajstić information content (AvgIpc) is 2.88. The number of aromatic nitrogens is 2. The Morgan fingerprint density at radius 2 is 1.85 bits per heavy atom. The molecule has 0 spiro atoms. The summed E-state index contributed by atoms with van der Waals surface area (Å²) < 4.78 is 52.3. The molecule has 0 aliphatic carbocycles. The standard InChI is InChI=1S/C13H18ClN2O14P3/c1-2-4-13(14)8(6-17)9(28-11(13)16-5-3-10(18)15-12(16)19)7-27-32(23,24)30-33(25,26)29-31(20,21)22/h3,5,8-9,11,17H,6-7H2,1H3,(H,23,24)(H,25,26)(H,15,18,19)(H2,20,21,22)/t8?,9-,11-,13?/m1/s1. The Morgan fingerprint density at radius 1 is 1.21 bits per heavy atom. The number of phosphoric acid groups is 3. The first-order valence-corrected chi connectivity index (χ1v) is 13.4. The molecule has 6 N–H and O–H groups in total. The number of aromatic amines is 1. The fraction of sp³-hybridized carbons (Fsp3) is 0.538. The largest absolute Gasteiger partial charge is 0.490 e. The highest BCUT2D eigenvalue weighted by molar-refractivity contribution is 7.66. The molecule has 33 heavy (non-hydrogen) atoms. The van der Waals surface area contributed by atoms with Gasteiger partial charge in [0.25, 0.3) is 5.56 Å². The van der Waals surface area contributed by atoms with Crippen LogP contribution in [0.25, 0.3) is 0 Å². The van der Waals surface area contributed by atoms with Crippen LogP contribution in [0.1, 0.15) is 13.2 Å². The van der Waals surface area contributed by atoms with Crippen LogP contribution in [0.3, 0.4) is 0 Å². The zero-order chi connectivity index (χ0) is 25.2. The second-order valence-corrected chi connectivity index (χ2v) is 11.4. The van der Waals surface area contributed by atoms with E-state index in [1.54, 1.807) is 0 Å². The van der Waals surface area contributed by atoms with Crippen molar-refractivity contribution in [3.63, 3.8) is 0 Å². The number of aliphatic hydroxyl groups is 1. The SMILES string of the molecule is CC#CC1(Cl)C(CO)[C@@H](COP(=O)(O)OP(=O)(O)OP(=O)(O)O)O[C@H]1n1ccc(=O)[nH]c1=O. The first kappa shape index (κ1) is 28.1. The molecule has 0 amide bonds. The van der Waals surface area contributed by atoms with Gasteiger partial charge in [0, 0.05) is 18.2 Å². The summed E-state index contributed by atoms with van der Waals surface area (Å²) in [5.41, 5.74) is -1.67. The number of ether oxygens (including phenoxy) is 1. The average molecular weight is 555 g/mol. The third-order valence-electron chi connectivity index (χ3n) is 4.09. The quantitative estimate of drug-likeness (QED) is 0.127. The van der Waals surface area contributed by atoms with E-state index in [2.05, 4.69) is 25.0 Å². The Hall–Kier alpha value is -1.14. The maximum Gasteiger partial charge on any atom is 0.490 e. The van der Waals surface area contributed by atoms with Gasteiger partial charge < -0.3 is 29.4 Å². The van der Waals surface area contributed by atoms with Gasteiger partial charge in [-0.25, -0.2) is 18.5 Å². The lowest BCUT2D eigenvalue weighted by atomic mass is 9.89. The number of phosphoric ester groups is 1. The number of hydrogen-bond donors (Lipinski definition) is 6. The Labute approximate surface area is 189 Å². The third kappa shape index (κ3) is 7.17. The molecule has 20 heteroatoms. The third-order valence-corrected chi connectivity index (χ3v) is 8.45. The molecule has 1 aliphatic heterocycles. The number of alkyl halides is 1. The maximum atomic E-state index is 12.2. The van der Waals surface area contributed by atoms with E-state index in [4.69, 9.17) is 26.1 Å². The molecule has 6 atom stereocenters. The number of H-pyrrole nitrogens is 1. The predicted molar refractivity (Wildman–Crippen MR) is 108 cm³/mol. The van der Waals surface area contributed by atoms with Gasteiger partial charge in [-0.15, -0.1) is 5.92 Å². The van der Waals surface area contributed by atoms with Gasteiger partial charge in [0.1, 0.15) is 0 Å². The number of rotatable bonds is 9. The zero-order valence-corrected chi connectivity index (χ0v) is 19.8. The van der Waals surface area contributed by atoms with Gasteiger partial charge >= 0.3 is 29.2 Å². The van der Waals surface area contributed by atoms with E-state index in [-0.39, 0.29) is 0 Å². The monoisotopic (exact) mass is 554 g/mol. The van der Waals surface area contributed by atoms with Crippen LogP contribution >= 0.6 is 35.1 Å². The molecular weight excluding hydrogens is 537 g/mol. The summed E-state index contributed by atoms with van der Waals surface area (Å²) in [6.45, 7) is -0.286. The lowest BCUT2D eigenvalue weighted by Crippen LogP contribution is -2.42. The minimum atomic E-state index is -5.75. The topological polar surface area (TPSA) is 244 Å². The van der Waals surface area contributed by atoms with E-state index in [1.165, 1.54) is 6.92 Å². The van der Waals surface area contributed by atoms with Crippen LogP contribution in [0.5, 0.6) is 0 Å². The van der Waals surface area contributed by atoms with Crippen LogP contribution in [0.2, 0.25) is 0 Å². The number of hydrogen-bond acceptors (Lipinski definition) is 10. The van der Waals surface area contributed by atoms with Crippen LogP contribution in [-0.4, -0.2) is 58.4 Å². The van der Waals surface area contributed by atoms with Crippen molar-refractivity contribution in [1.82, 2.24) is 9.55 Å². The van der Waals surface area contributed by atoms with Crippen molar-refractivity contribution in [3.8, 4) is 11.8 Å². The summed E-state index contributed by atoms with van der Waals surface area (Å²) in [6.07, 6.45) is -1.77. The smallest absolute Gasteiger partial charge is 0.396 e. The number of aliphatic hydroxyl groups excluding tert-OH is 1. The Balaban J connectivity index is 2.29. The van der Waals surface area contributed by atoms with E-state index >= 15 is 0 Å². The summed E-state index contributed by atoms with van der Waals surface area (Å²) in [5.74, 6) is 3.89. The first-order chi connectivity index (χ1) is 15.0. The van der Waals surface area contributed by atoms with Crippen LogP contribution in [0.4, 0.5) is 0 Å². The summed E-state index contributed by atoms with van der Waals surface area (Å²) in [7, 11) is -16.8. The van der Waals surface area contributed by atoms with Gasteiger partial charge in [0.15, 0.2) is 11.1 Å². The summed E-state index contributed by atoms with van der Waals surface area (Å²) in [4.78, 5) is 59.6. The van der Waals surface area contributed by atoms with Crippen LogP contribution in [0.15, 0.2) is 21.9 Å². The second kappa shape index (κ2) is 10.2. The highest BCUT2D eigenvalue weighted by Crippen LogP contribution is 2.66. The normalized spacial score (nSPS) is 29.0. The molecule has 2 rings (SSSR count). The van der Waals surface area contributed by atoms with Crippen LogP contribution < -0.4 is 11.2 Å². The van der Waals surface area contributed by atoms with Crippen molar-refractivity contribution in [2.45, 2.75) is 24.1 Å². The van der Waals surface area contributed by atoms with E-state index in [9.17, 15) is 38.2 Å². The van der Waals surface area contributed by atoms with Crippen molar-refractivity contribution in [2.24, 2.45) is 5.92 Å². The van der Waals surface area contributed by atoms with Crippen molar-refractivity contribution in [2.75, 3.05) is 13.2 Å². The fourth-order valence-electron chi connectivity index (χ4n) is 2.92. The Morgan fingerprint density at radius 3 is 2.36 bits per heavy atom. The van der Waals surface area contributed by atoms with Gasteiger partial charge in [-0.1, -0.05) is 17.5 Å². The molecular formula is C13H18ClN2O14P3. The molecule has 1 aromatic rings. The molecule has 1 fully saturated rings. The fourth-order valence-corrected chi connectivity index (χ4v) is 6.41. The van der Waals surface area contributed by atoms with Crippen molar-refractivity contribution >= 4 is 35.1 Å². The lowest BCUT2D eigenvalue weighted by molar-refractivity contribution is -0.0374. The summed E-state index contributed by atoms with van der Waals surface area (Å²) in [5, 5.41) is 9.83. The first-order valence-electron chi connectivity index (χ1n) is 8.52. The molecule has 2 heterocycles. The zero-order valence-electron chi connectivity index (χ0n) is 16.4. The van der Waals surface area contributed by atoms with E-state index in [0.717, 1.165) is 16.8 Å². The van der Waals surface area contributed by atoms with Crippen molar-refractivity contribution in [1.29, 1.82) is 0 Å². The Kier molecular flexibility index (Phi) is 8.71. The van der Waals surface area contributed by atoms with Gasteiger partial charge in [0.05, 0.1) is 19.3 Å². The second-order valence-electron chi connectivity index (χ2n) is 6.36. The predicted octanol–water partition coefficient (Wildman–Crippen LogP) is -0.613. The molecule has 0 saturated carbocycles. The highest BCUT2D eigenvalue weighted by Gasteiger charge is 2.56. The van der Waals surface area contributed by atoms with E-state index in [1.807, 2.05) is 4.98 Å². The molecule has 4 unspecified atom stereocenters. The molecule has 1 saturated heterocycles. The molecule has 186 valence electrons. The van der Waals surface area contributed by atoms with Gasteiger partial charge in [-0.3, -0.25) is 18.9 Å². The van der Waals surface area contributed by atoms with Crippen molar-refractivity contribution < 1.29 is 56.3 Å². The van der Waals surface area contributed by atoms with Gasteiger partial charge in [0.2, 0.25) is 0 Å². The molecule has 0 aromatic carbocycles. The van der Waals surface area contributed by atoms with Gasteiger partial charge in [-0.2, -0.15) is 8.62 Å². The van der Waals surface area contributed by atoms with Gasteiger partial charge in [-0.05, 0) is 6.92 Å². The van der Waals surface area contributed by atoms with E-state index in [0.29, 0.717) is 0 Å². The molecule has 1 aliphatic rings. The molecule has 0 bridgehead atoms. The number of halogens is 1.